The fourth-order valence-corrected chi connectivity index (χ4v) is 2.17. The predicted molar refractivity (Wildman–Crippen MR) is 67.6 cm³/mol. The molecule has 0 saturated carbocycles. The van der Waals surface area contributed by atoms with Gasteiger partial charge in [0.05, 0.1) is 6.61 Å². The summed E-state index contributed by atoms with van der Waals surface area (Å²) in [5.74, 6) is 0. The van der Waals surface area contributed by atoms with E-state index in [4.69, 9.17) is 10.5 Å². The van der Waals surface area contributed by atoms with E-state index in [0.29, 0.717) is 6.04 Å². The Morgan fingerprint density at radius 2 is 2.00 bits per heavy atom. The van der Waals surface area contributed by atoms with Crippen LogP contribution < -0.4 is 5.73 Å². The third kappa shape index (κ3) is 4.37. The van der Waals surface area contributed by atoms with E-state index in [1.807, 2.05) is 0 Å². The van der Waals surface area contributed by atoms with Crippen molar-refractivity contribution in [2.24, 2.45) is 5.73 Å². The minimum atomic E-state index is 0.280. The summed E-state index contributed by atoms with van der Waals surface area (Å²) in [6.07, 6.45) is 2.17. The topological polar surface area (TPSA) is 41.7 Å². The summed E-state index contributed by atoms with van der Waals surface area (Å²) < 4.78 is 5.55. The van der Waals surface area contributed by atoms with Crippen molar-refractivity contribution in [2.75, 3.05) is 46.9 Å². The molecule has 0 aromatic rings. The van der Waals surface area contributed by atoms with Crippen molar-refractivity contribution in [2.45, 2.75) is 31.8 Å². The van der Waals surface area contributed by atoms with Crippen molar-refractivity contribution >= 4 is 0 Å². The molecule has 1 heterocycles. The van der Waals surface area contributed by atoms with Gasteiger partial charge in [-0.25, -0.2) is 0 Å². The van der Waals surface area contributed by atoms with Gasteiger partial charge in [0.15, 0.2) is 0 Å². The molecule has 2 unspecified atom stereocenters. The molecule has 1 saturated heterocycles. The van der Waals surface area contributed by atoms with E-state index in [-0.39, 0.29) is 6.04 Å². The average molecular weight is 229 g/mol. The SMILES string of the molecule is CCCN(CCN(C)C)C1COCCC1N. The van der Waals surface area contributed by atoms with Crippen LogP contribution in [-0.4, -0.2) is 68.8 Å². The molecule has 1 fully saturated rings. The highest BCUT2D eigenvalue weighted by molar-refractivity contribution is 4.85. The second kappa shape index (κ2) is 7.22. The van der Waals surface area contributed by atoms with Gasteiger partial charge in [-0.1, -0.05) is 6.92 Å². The van der Waals surface area contributed by atoms with Crippen LogP contribution in [0.15, 0.2) is 0 Å². The van der Waals surface area contributed by atoms with Gasteiger partial charge in [-0.15, -0.1) is 0 Å². The van der Waals surface area contributed by atoms with E-state index in [1.165, 1.54) is 6.42 Å². The lowest BCUT2D eigenvalue weighted by molar-refractivity contribution is 0.00395. The lowest BCUT2D eigenvalue weighted by atomic mass is 10.0. The summed E-state index contributed by atoms with van der Waals surface area (Å²) >= 11 is 0. The number of nitrogens with zero attached hydrogens (tertiary/aromatic N) is 2. The number of nitrogens with two attached hydrogens (primary N) is 1. The Morgan fingerprint density at radius 1 is 1.25 bits per heavy atom. The van der Waals surface area contributed by atoms with Crippen LogP contribution in [0.4, 0.5) is 0 Å². The highest BCUT2D eigenvalue weighted by atomic mass is 16.5. The first-order chi connectivity index (χ1) is 7.65. The fraction of sp³-hybridized carbons (Fsp3) is 1.00. The van der Waals surface area contributed by atoms with Crippen LogP contribution in [0.5, 0.6) is 0 Å². The highest BCUT2D eigenvalue weighted by Crippen LogP contribution is 2.13. The van der Waals surface area contributed by atoms with Gasteiger partial charge in [-0.2, -0.15) is 0 Å². The van der Waals surface area contributed by atoms with Crippen molar-refractivity contribution in [1.29, 1.82) is 0 Å². The van der Waals surface area contributed by atoms with Gasteiger partial charge in [0.25, 0.3) is 0 Å². The van der Waals surface area contributed by atoms with Gasteiger partial charge in [0.2, 0.25) is 0 Å². The number of hydrogen-bond donors (Lipinski definition) is 1. The Bertz CT molecular complexity index is 187. The van der Waals surface area contributed by atoms with Crippen LogP contribution in [0, 0.1) is 0 Å². The minimum absolute atomic E-state index is 0.280. The summed E-state index contributed by atoms with van der Waals surface area (Å²) in [5, 5.41) is 0. The Labute approximate surface area is 99.7 Å². The van der Waals surface area contributed by atoms with E-state index in [0.717, 1.165) is 39.3 Å². The lowest BCUT2D eigenvalue weighted by Crippen LogP contribution is -2.54. The Balaban J connectivity index is 2.46. The van der Waals surface area contributed by atoms with Crippen LogP contribution >= 0.6 is 0 Å². The molecule has 4 heteroatoms. The molecule has 1 aliphatic rings. The zero-order valence-electron chi connectivity index (χ0n) is 11.0. The molecule has 2 N–H and O–H groups in total. The first-order valence-electron chi connectivity index (χ1n) is 6.37. The Kier molecular flexibility index (Phi) is 6.28. The summed E-state index contributed by atoms with van der Waals surface area (Å²) in [6, 6.07) is 0.691. The molecular weight excluding hydrogens is 202 g/mol. The largest absolute Gasteiger partial charge is 0.380 e. The maximum absolute atomic E-state index is 6.18. The van der Waals surface area contributed by atoms with Gasteiger partial charge >= 0.3 is 0 Å². The summed E-state index contributed by atoms with van der Waals surface area (Å²) in [6.45, 7) is 7.14. The van der Waals surface area contributed by atoms with Crippen molar-refractivity contribution in [3.05, 3.63) is 0 Å². The van der Waals surface area contributed by atoms with E-state index in [1.54, 1.807) is 0 Å². The van der Waals surface area contributed by atoms with Crippen LogP contribution in [0.2, 0.25) is 0 Å². The van der Waals surface area contributed by atoms with Gasteiger partial charge in [-0.05, 0) is 33.5 Å². The number of rotatable bonds is 6. The number of hydrogen-bond acceptors (Lipinski definition) is 4. The second-order valence-corrected chi connectivity index (χ2v) is 4.93. The zero-order chi connectivity index (χ0) is 12.0. The monoisotopic (exact) mass is 229 g/mol. The second-order valence-electron chi connectivity index (χ2n) is 4.93. The minimum Gasteiger partial charge on any atom is -0.380 e. The van der Waals surface area contributed by atoms with Crippen LogP contribution in [0.3, 0.4) is 0 Å². The fourth-order valence-electron chi connectivity index (χ4n) is 2.17. The summed E-state index contributed by atoms with van der Waals surface area (Å²) in [5.41, 5.74) is 6.18. The molecule has 0 amide bonds. The molecule has 16 heavy (non-hydrogen) atoms. The Hall–Kier alpha value is -0.160. The molecule has 2 atom stereocenters. The first kappa shape index (κ1) is 13.9. The van der Waals surface area contributed by atoms with Gasteiger partial charge < -0.3 is 15.4 Å². The van der Waals surface area contributed by atoms with Gasteiger partial charge in [0, 0.05) is 31.8 Å². The van der Waals surface area contributed by atoms with Gasteiger partial charge in [0.1, 0.15) is 0 Å². The maximum Gasteiger partial charge on any atom is 0.0636 e. The molecule has 4 nitrogen and oxygen atoms in total. The van der Waals surface area contributed by atoms with E-state index in [2.05, 4.69) is 30.8 Å². The molecule has 0 radical (unpaired) electrons. The third-order valence-electron chi connectivity index (χ3n) is 3.19. The molecule has 1 aliphatic heterocycles. The molecule has 1 rings (SSSR count). The average Bonchev–Trinajstić information content (AvgIpc) is 2.25. The molecule has 0 aromatic heterocycles. The number of ether oxygens (including phenoxy) is 1. The van der Waals surface area contributed by atoms with Crippen molar-refractivity contribution in [1.82, 2.24) is 9.80 Å². The van der Waals surface area contributed by atoms with E-state index < -0.39 is 0 Å². The standard InChI is InChI=1S/C12H27N3O/c1-4-6-15(8-7-14(2)3)12-10-16-9-5-11(12)13/h11-12H,4-10,13H2,1-3H3. The predicted octanol–water partition coefficient (Wildman–Crippen LogP) is 0.376. The summed E-state index contributed by atoms with van der Waals surface area (Å²) in [7, 11) is 4.23. The van der Waals surface area contributed by atoms with Gasteiger partial charge in [-0.3, -0.25) is 4.90 Å². The molecule has 0 bridgehead atoms. The van der Waals surface area contributed by atoms with E-state index >= 15 is 0 Å². The Morgan fingerprint density at radius 3 is 2.56 bits per heavy atom. The smallest absolute Gasteiger partial charge is 0.0636 e. The summed E-state index contributed by atoms with van der Waals surface area (Å²) in [4.78, 5) is 4.71. The van der Waals surface area contributed by atoms with Crippen molar-refractivity contribution in [3.8, 4) is 0 Å². The molecule has 96 valence electrons. The first-order valence-corrected chi connectivity index (χ1v) is 6.37. The quantitative estimate of drug-likeness (QED) is 0.715. The molecule has 0 aliphatic carbocycles. The number of likely N-dealkylation sites (N-methyl/N-ethyl adjacent to an activating group) is 1. The van der Waals surface area contributed by atoms with Crippen LogP contribution in [0.25, 0.3) is 0 Å². The lowest BCUT2D eigenvalue weighted by Gasteiger charge is -2.38. The molecule has 0 spiro atoms. The maximum atomic E-state index is 6.18. The third-order valence-corrected chi connectivity index (χ3v) is 3.19. The highest BCUT2D eigenvalue weighted by Gasteiger charge is 2.27. The van der Waals surface area contributed by atoms with Crippen molar-refractivity contribution < 1.29 is 4.74 Å². The zero-order valence-corrected chi connectivity index (χ0v) is 11.0. The van der Waals surface area contributed by atoms with E-state index in [9.17, 15) is 0 Å². The molecular formula is C12H27N3O. The van der Waals surface area contributed by atoms with Crippen LogP contribution in [0.1, 0.15) is 19.8 Å². The molecule has 0 aromatic carbocycles. The normalized spacial score (nSPS) is 26.6. The van der Waals surface area contributed by atoms with Crippen LogP contribution in [-0.2, 0) is 4.74 Å². The van der Waals surface area contributed by atoms with Crippen molar-refractivity contribution in [3.63, 3.8) is 0 Å².